The number of nitriles is 1. The lowest BCUT2D eigenvalue weighted by atomic mass is 10.2. The molecule has 0 atom stereocenters. The number of nitrogens with two attached hydrogens (primary N) is 1. The molecule has 5 nitrogen and oxygen atoms in total. The Balaban J connectivity index is 2.54. The molecule has 5 heteroatoms. The zero-order valence-electron chi connectivity index (χ0n) is 10.6. The summed E-state index contributed by atoms with van der Waals surface area (Å²) in [6.07, 6.45) is 0. The summed E-state index contributed by atoms with van der Waals surface area (Å²) in [7, 11) is 0. The summed E-state index contributed by atoms with van der Waals surface area (Å²) in [5.41, 5.74) is 6.37. The highest BCUT2D eigenvalue weighted by atomic mass is 16.5. The van der Waals surface area contributed by atoms with Crippen molar-refractivity contribution in [1.29, 1.82) is 5.26 Å². The third-order valence-corrected chi connectivity index (χ3v) is 2.19. The van der Waals surface area contributed by atoms with Gasteiger partial charge in [-0.2, -0.15) is 5.26 Å². The maximum atomic E-state index is 11.4. The van der Waals surface area contributed by atoms with E-state index in [1.54, 1.807) is 12.1 Å². The summed E-state index contributed by atoms with van der Waals surface area (Å²) in [6.45, 7) is 4.52. The molecule has 0 saturated heterocycles. The van der Waals surface area contributed by atoms with E-state index in [1.165, 1.54) is 6.07 Å². The summed E-state index contributed by atoms with van der Waals surface area (Å²) in [5.74, 6) is 0.552. The quantitative estimate of drug-likeness (QED) is 0.767. The molecule has 0 unspecified atom stereocenters. The molecule has 0 spiro atoms. The van der Waals surface area contributed by atoms with Crippen molar-refractivity contribution in [2.45, 2.75) is 13.8 Å². The van der Waals surface area contributed by atoms with Crippen LogP contribution in [0.5, 0.6) is 5.75 Å². The van der Waals surface area contributed by atoms with Crippen molar-refractivity contribution in [3.05, 3.63) is 23.8 Å². The van der Waals surface area contributed by atoms with Gasteiger partial charge >= 0.3 is 0 Å². The molecule has 1 amide bonds. The Labute approximate surface area is 107 Å². The number of nitrogens with zero attached hydrogens (tertiary/aromatic N) is 1. The molecule has 0 aliphatic rings. The van der Waals surface area contributed by atoms with Crippen molar-refractivity contribution in [2.24, 2.45) is 5.92 Å². The number of nitrogen functional groups attached to an aromatic ring is 1. The lowest BCUT2D eigenvalue weighted by Gasteiger charge is -2.10. The smallest absolute Gasteiger partial charge is 0.257 e. The van der Waals surface area contributed by atoms with Gasteiger partial charge in [0.2, 0.25) is 0 Å². The SMILES string of the molecule is CC(C)CNC(=O)COc1ccc(N)cc1C#N. The molecule has 0 aliphatic carbocycles. The van der Waals surface area contributed by atoms with E-state index in [-0.39, 0.29) is 12.5 Å². The van der Waals surface area contributed by atoms with Gasteiger partial charge in [0.15, 0.2) is 6.61 Å². The summed E-state index contributed by atoms with van der Waals surface area (Å²) < 4.78 is 5.29. The van der Waals surface area contributed by atoms with Crippen molar-refractivity contribution in [2.75, 3.05) is 18.9 Å². The van der Waals surface area contributed by atoms with Crippen molar-refractivity contribution in [3.63, 3.8) is 0 Å². The fourth-order valence-corrected chi connectivity index (χ4v) is 1.27. The Kier molecular flexibility index (Phi) is 5.00. The van der Waals surface area contributed by atoms with Gasteiger partial charge in [0.05, 0.1) is 5.56 Å². The highest BCUT2D eigenvalue weighted by Crippen LogP contribution is 2.20. The van der Waals surface area contributed by atoms with Gasteiger partial charge in [0.1, 0.15) is 11.8 Å². The van der Waals surface area contributed by atoms with Crippen molar-refractivity contribution < 1.29 is 9.53 Å². The van der Waals surface area contributed by atoms with Crippen LogP contribution in [0.4, 0.5) is 5.69 Å². The first-order valence-electron chi connectivity index (χ1n) is 5.72. The number of anilines is 1. The molecular weight excluding hydrogens is 230 g/mol. The fraction of sp³-hybridized carbons (Fsp3) is 0.385. The average Bonchev–Trinajstić information content (AvgIpc) is 2.34. The standard InChI is InChI=1S/C13H17N3O2/c1-9(2)7-16-13(17)8-18-12-4-3-11(15)5-10(12)6-14/h3-5,9H,7-8,15H2,1-2H3,(H,16,17). The van der Waals surface area contributed by atoms with Gasteiger partial charge in [-0.15, -0.1) is 0 Å². The van der Waals surface area contributed by atoms with Crippen LogP contribution < -0.4 is 15.8 Å². The molecule has 18 heavy (non-hydrogen) atoms. The molecule has 0 aliphatic heterocycles. The number of benzene rings is 1. The van der Waals surface area contributed by atoms with Gasteiger partial charge in [-0.25, -0.2) is 0 Å². The zero-order chi connectivity index (χ0) is 13.5. The molecule has 0 aromatic heterocycles. The second-order valence-corrected chi connectivity index (χ2v) is 4.35. The third kappa shape index (κ3) is 4.34. The molecule has 0 heterocycles. The molecule has 0 radical (unpaired) electrons. The van der Waals surface area contributed by atoms with Crippen molar-refractivity contribution in [1.82, 2.24) is 5.32 Å². The molecule has 1 rings (SSSR count). The first-order valence-corrected chi connectivity index (χ1v) is 5.72. The van der Waals surface area contributed by atoms with Crippen LogP contribution in [0.2, 0.25) is 0 Å². The first-order chi connectivity index (χ1) is 8.52. The second kappa shape index (κ2) is 6.50. The summed E-state index contributed by atoms with van der Waals surface area (Å²) in [6, 6.07) is 6.70. The number of rotatable bonds is 5. The van der Waals surface area contributed by atoms with Gasteiger partial charge in [0.25, 0.3) is 5.91 Å². The highest BCUT2D eigenvalue weighted by Gasteiger charge is 2.07. The van der Waals surface area contributed by atoms with E-state index in [0.29, 0.717) is 29.5 Å². The van der Waals surface area contributed by atoms with Crippen LogP contribution in [-0.4, -0.2) is 19.1 Å². The number of nitrogens with one attached hydrogen (secondary N) is 1. The number of ether oxygens (including phenoxy) is 1. The Bertz CT molecular complexity index is 464. The topological polar surface area (TPSA) is 88.1 Å². The highest BCUT2D eigenvalue weighted by molar-refractivity contribution is 5.77. The maximum absolute atomic E-state index is 11.4. The van der Waals surface area contributed by atoms with Crippen LogP contribution in [0.3, 0.4) is 0 Å². The molecule has 0 bridgehead atoms. The number of hydrogen-bond acceptors (Lipinski definition) is 4. The molecular formula is C13H17N3O2. The lowest BCUT2D eigenvalue weighted by molar-refractivity contribution is -0.123. The van der Waals surface area contributed by atoms with Crippen LogP contribution in [-0.2, 0) is 4.79 Å². The first kappa shape index (κ1) is 13.8. The van der Waals surface area contributed by atoms with E-state index in [2.05, 4.69) is 5.32 Å². The van der Waals surface area contributed by atoms with Crippen molar-refractivity contribution in [3.8, 4) is 11.8 Å². The van der Waals surface area contributed by atoms with Gasteiger partial charge in [0, 0.05) is 12.2 Å². The normalized spacial score (nSPS) is 9.89. The van der Waals surface area contributed by atoms with Crippen molar-refractivity contribution >= 4 is 11.6 Å². The Hall–Kier alpha value is -2.22. The van der Waals surface area contributed by atoms with E-state index in [4.69, 9.17) is 15.7 Å². The molecule has 0 saturated carbocycles. The van der Waals surface area contributed by atoms with Crippen LogP contribution >= 0.6 is 0 Å². The number of amides is 1. The van der Waals surface area contributed by atoms with Crippen LogP contribution in [0, 0.1) is 17.2 Å². The molecule has 0 fully saturated rings. The Morgan fingerprint density at radius 3 is 2.89 bits per heavy atom. The van der Waals surface area contributed by atoms with Crippen LogP contribution in [0.1, 0.15) is 19.4 Å². The van der Waals surface area contributed by atoms with Gasteiger partial charge in [-0.05, 0) is 24.1 Å². The van der Waals surface area contributed by atoms with Gasteiger partial charge in [-0.3, -0.25) is 4.79 Å². The number of hydrogen-bond donors (Lipinski definition) is 2. The number of carbonyl (C=O) groups is 1. The Morgan fingerprint density at radius 1 is 1.56 bits per heavy atom. The van der Waals surface area contributed by atoms with Crippen LogP contribution in [0.15, 0.2) is 18.2 Å². The monoisotopic (exact) mass is 247 g/mol. The third-order valence-electron chi connectivity index (χ3n) is 2.19. The number of carbonyl (C=O) groups excluding carboxylic acids is 1. The van der Waals surface area contributed by atoms with E-state index < -0.39 is 0 Å². The predicted molar refractivity (Wildman–Crippen MR) is 68.9 cm³/mol. The summed E-state index contributed by atoms with van der Waals surface area (Å²) in [4.78, 5) is 11.4. The minimum atomic E-state index is -0.204. The van der Waals surface area contributed by atoms with Gasteiger partial charge < -0.3 is 15.8 Å². The molecule has 1 aromatic carbocycles. The van der Waals surface area contributed by atoms with E-state index in [1.807, 2.05) is 19.9 Å². The molecule has 3 N–H and O–H groups in total. The fourth-order valence-electron chi connectivity index (χ4n) is 1.27. The Morgan fingerprint density at radius 2 is 2.28 bits per heavy atom. The lowest BCUT2D eigenvalue weighted by Crippen LogP contribution is -2.31. The van der Waals surface area contributed by atoms with E-state index in [0.717, 1.165) is 0 Å². The average molecular weight is 247 g/mol. The van der Waals surface area contributed by atoms with E-state index >= 15 is 0 Å². The largest absolute Gasteiger partial charge is 0.482 e. The molecule has 1 aromatic rings. The minimum absolute atomic E-state index is 0.106. The minimum Gasteiger partial charge on any atom is -0.482 e. The van der Waals surface area contributed by atoms with E-state index in [9.17, 15) is 4.79 Å². The maximum Gasteiger partial charge on any atom is 0.257 e. The van der Waals surface area contributed by atoms with Crippen LogP contribution in [0.25, 0.3) is 0 Å². The summed E-state index contributed by atoms with van der Waals surface area (Å²) >= 11 is 0. The zero-order valence-corrected chi connectivity index (χ0v) is 10.6. The second-order valence-electron chi connectivity index (χ2n) is 4.35. The molecule has 96 valence electrons. The predicted octanol–water partition coefficient (Wildman–Crippen LogP) is 1.29. The summed E-state index contributed by atoms with van der Waals surface area (Å²) in [5, 5.41) is 11.6. The van der Waals surface area contributed by atoms with Gasteiger partial charge in [-0.1, -0.05) is 13.8 Å².